The quantitative estimate of drug-likeness (QED) is 0.481. The van der Waals surface area contributed by atoms with Crippen LogP contribution >= 0.6 is 28.7 Å². The number of nitrogens with zero attached hydrogens (tertiary/aromatic N) is 4. The third-order valence-electron chi connectivity index (χ3n) is 5.35. The SMILES string of the molecule is Br.COc1ccc(NC(=O)/C=C2/SC(=Nc3c(C)n(C)n(-c4ccccc4)c3=O)N(C)C2=O)cc1. The van der Waals surface area contributed by atoms with E-state index in [-0.39, 0.29) is 39.0 Å². The highest BCUT2D eigenvalue weighted by molar-refractivity contribution is 8.93. The van der Waals surface area contributed by atoms with Crippen LogP contribution in [0.25, 0.3) is 5.69 Å². The zero-order valence-corrected chi connectivity index (χ0v) is 22.0. The minimum absolute atomic E-state index is 0. The Morgan fingerprint density at radius 2 is 1.71 bits per heavy atom. The first-order valence-electron chi connectivity index (χ1n) is 10.4. The van der Waals surface area contributed by atoms with Crippen LogP contribution in [-0.2, 0) is 16.6 Å². The lowest BCUT2D eigenvalue weighted by Gasteiger charge is -2.07. The number of aliphatic imine (C=N–C) groups is 1. The van der Waals surface area contributed by atoms with Crippen molar-refractivity contribution in [2.75, 3.05) is 19.5 Å². The molecular formula is C24H24BrN5O4S. The Hall–Kier alpha value is -3.57. The summed E-state index contributed by atoms with van der Waals surface area (Å²) < 4.78 is 8.35. The number of carbonyl (C=O) groups is 2. The normalized spacial score (nSPS) is 15.4. The summed E-state index contributed by atoms with van der Waals surface area (Å²) in [6.07, 6.45) is 1.23. The topological polar surface area (TPSA) is 97.9 Å². The van der Waals surface area contributed by atoms with Crippen molar-refractivity contribution in [1.82, 2.24) is 14.3 Å². The van der Waals surface area contributed by atoms with E-state index in [2.05, 4.69) is 10.3 Å². The number of nitrogens with one attached hydrogen (secondary N) is 1. The van der Waals surface area contributed by atoms with E-state index < -0.39 is 5.91 Å². The summed E-state index contributed by atoms with van der Waals surface area (Å²) in [5.41, 5.74) is 1.87. The second-order valence-electron chi connectivity index (χ2n) is 7.50. The molecule has 1 fully saturated rings. The number of hydrogen-bond donors (Lipinski definition) is 1. The lowest BCUT2D eigenvalue weighted by atomic mass is 10.3. The van der Waals surface area contributed by atoms with Crippen molar-refractivity contribution in [3.63, 3.8) is 0 Å². The molecule has 2 amide bonds. The van der Waals surface area contributed by atoms with Crippen LogP contribution < -0.4 is 15.6 Å². The molecule has 35 heavy (non-hydrogen) atoms. The van der Waals surface area contributed by atoms with Gasteiger partial charge in [0.25, 0.3) is 11.5 Å². The van der Waals surface area contributed by atoms with Gasteiger partial charge in [0.2, 0.25) is 5.91 Å². The van der Waals surface area contributed by atoms with Crippen LogP contribution in [0, 0.1) is 6.92 Å². The van der Waals surface area contributed by atoms with E-state index >= 15 is 0 Å². The summed E-state index contributed by atoms with van der Waals surface area (Å²) in [6.45, 7) is 1.79. The minimum atomic E-state index is -0.446. The first-order chi connectivity index (χ1) is 16.3. The average molecular weight is 558 g/mol. The third-order valence-corrected chi connectivity index (χ3v) is 6.41. The van der Waals surface area contributed by atoms with Gasteiger partial charge in [0.05, 0.1) is 23.4 Å². The number of anilines is 1. The number of amidine groups is 1. The van der Waals surface area contributed by atoms with Gasteiger partial charge in [-0.1, -0.05) is 18.2 Å². The van der Waals surface area contributed by atoms with Gasteiger partial charge in [-0.2, -0.15) is 0 Å². The highest BCUT2D eigenvalue weighted by Gasteiger charge is 2.32. The number of para-hydroxylation sites is 1. The zero-order valence-electron chi connectivity index (χ0n) is 19.5. The molecule has 1 aliphatic rings. The Morgan fingerprint density at radius 3 is 2.34 bits per heavy atom. The van der Waals surface area contributed by atoms with Gasteiger partial charge in [0.15, 0.2) is 10.9 Å². The van der Waals surface area contributed by atoms with Gasteiger partial charge in [-0.25, -0.2) is 9.67 Å². The first-order valence-corrected chi connectivity index (χ1v) is 11.2. The standard InChI is InChI=1S/C24H23N5O4S.BrH/c1-15-21(23(32)29(28(15)3)17-8-6-5-7-9-17)26-24-27(2)22(31)19(34-24)14-20(30)25-16-10-12-18(33-4)13-11-16;/h5-14H,1-4H3,(H,25,30);1H/b19-14+,26-24?;. The van der Waals surface area contributed by atoms with Crippen molar-refractivity contribution in [2.45, 2.75) is 6.92 Å². The number of aromatic nitrogens is 2. The summed E-state index contributed by atoms with van der Waals surface area (Å²) >= 11 is 1.04. The van der Waals surface area contributed by atoms with Gasteiger partial charge in [0.1, 0.15) is 5.75 Å². The fraction of sp³-hybridized carbons (Fsp3) is 0.167. The van der Waals surface area contributed by atoms with Crippen molar-refractivity contribution in [1.29, 1.82) is 0 Å². The molecule has 1 aliphatic heterocycles. The van der Waals surface area contributed by atoms with Crippen molar-refractivity contribution < 1.29 is 14.3 Å². The number of carbonyl (C=O) groups excluding carboxylic acids is 2. The first kappa shape index (κ1) is 26.0. The van der Waals surface area contributed by atoms with E-state index in [1.807, 2.05) is 30.3 Å². The smallest absolute Gasteiger partial charge is 0.297 e. The summed E-state index contributed by atoms with van der Waals surface area (Å²) in [6, 6.07) is 16.1. The van der Waals surface area contributed by atoms with Crippen LogP contribution in [0.15, 0.2) is 75.4 Å². The van der Waals surface area contributed by atoms with E-state index in [0.29, 0.717) is 28.0 Å². The number of benzene rings is 2. The summed E-state index contributed by atoms with van der Waals surface area (Å²) in [5, 5.41) is 3.03. The van der Waals surface area contributed by atoms with E-state index in [1.54, 1.807) is 57.1 Å². The average Bonchev–Trinajstić information content (AvgIpc) is 3.22. The van der Waals surface area contributed by atoms with Crippen LogP contribution in [0.3, 0.4) is 0 Å². The van der Waals surface area contributed by atoms with E-state index in [0.717, 1.165) is 11.8 Å². The summed E-state index contributed by atoms with van der Waals surface area (Å²) in [4.78, 5) is 44.3. The maximum atomic E-state index is 13.1. The van der Waals surface area contributed by atoms with Crippen molar-refractivity contribution in [3.8, 4) is 11.4 Å². The molecule has 0 atom stereocenters. The van der Waals surface area contributed by atoms with Crippen molar-refractivity contribution in [2.24, 2.45) is 12.0 Å². The molecule has 4 rings (SSSR count). The molecular weight excluding hydrogens is 534 g/mol. The second-order valence-corrected chi connectivity index (χ2v) is 8.51. The van der Waals surface area contributed by atoms with Gasteiger partial charge in [0, 0.05) is 25.9 Å². The van der Waals surface area contributed by atoms with Crippen molar-refractivity contribution >= 4 is 57.1 Å². The van der Waals surface area contributed by atoms with E-state index in [9.17, 15) is 14.4 Å². The minimum Gasteiger partial charge on any atom is -0.497 e. The molecule has 1 N–H and O–H groups in total. The van der Waals surface area contributed by atoms with Crippen LogP contribution in [0.1, 0.15) is 5.69 Å². The van der Waals surface area contributed by atoms with Crippen molar-refractivity contribution in [3.05, 3.63) is 81.6 Å². The third kappa shape index (κ3) is 5.25. The van der Waals surface area contributed by atoms with Gasteiger partial charge >= 0.3 is 0 Å². The summed E-state index contributed by atoms with van der Waals surface area (Å²) in [7, 11) is 4.90. The molecule has 1 saturated heterocycles. The molecule has 0 aliphatic carbocycles. The number of hydrogen-bond acceptors (Lipinski definition) is 6. The number of thioether (sulfide) groups is 1. The monoisotopic (exact) mass is 557 g/mol. The largest absolute Gasteiger partial charge is 0.497 e. The number of halogens is 1. The highest BCUT2D eigenvalue weighted by atomic mass is 79.9. The Morgan fingerprint density at radius 1 is 1.06 bits per heavy atom. The van der Waals surface area contributed by atoms with Gasteiger partial charge in [-0.3, -0.25) is 24.0 Å². The van der Waals surface area contributed by atoms with Crippen LogP contribution in [0.5, 0.6) is 5.75 Å². The fourth-order valence-corrected chi connectivity index (χ4v) is 4.35. The molecule has 0 unspecified atom stereocenters. The Labute approximate surface area is 216 Å². The highest BCUT2D eigenvalue weighted by Crippen LogP contribution is 2.32. The van der Waals surface area contributed by atoms with Gasteiger partial charge in [-0.15, -0.1) is 17.0 Å². The molecule has 3 aromatic rings. The number of ether oxygens (including phenoxy) is 1. The van der Waals surface area contributed by atoms with Gasteiger partial charge in [-0.05, 0) is 55.1 Å². The number of rotatable bonds is 5. The van der Waals surface area contributed by atoms with Crippen LogP contribution in [-0.4, -0.2) is 45.4 Å². The fourth-order valence-electron chi connectivity index (χ4n) is 3.40. The van der Waals surface area contributed by atoms with E-state index in [4.69, 9.17) is 4.74 Å². The molecule has 0 spiro atoms. The molecule has 1 aromatic heterocycles. The molecule has 182 valence electrons. The molecule has 11 heteroatoms. The molecule has 0 saturated carbocycles. The molecule has 9 nitrogen and oxygen atoms in total. The van der Waals surface area contributed by atoms with E-state index in [1.165, 1.54) is 15.7 Å². The van der Waals surface area contributed by atoms with Crippen LogP contribution in [0.4, 0.5) is 11.4 Å². The zero-order chi connectivity index (χ0) is 24.4. The molecule has 0 bridgehead atoms. The lowest BCUT2D eigenvalue weighted by Crippen LogP contribution is -2.24. The predicted octanol–water partition coefficient (Wildman–Crippen LogP) is 3.79. The number of amides is 2. The van der Waals surface area contributed by atoms with Gasteiger partial charge < -0.3 is 10.1 Å². The van der Waals surface area contributed by atoms with Crippen LogP contribution in [0.2, 0.25) is 0 Å². The summed E-state index contributed by atoms with van der Waals surface area (Å²) in [5.74, 6) is -0.147. The Balaban J connectivity index is 0.00000342. The maximum absolute atomic E-state index is 13.1. The number of likely N-dealkylation sites (N-methyl/N-ethyl adjacent to an activating group) is 1. The lowest BCUT2D eigenvalue weighted by molar-refractivity contribution is -0.121. The Bertz CT molecular complexity index is 1380. The number of methoxy groups -OCH3 is 1. The maximum Gasteiger partial charge on any atom is 0.297 e. The predicted molar refractivity (Wildman–Crippen MR) is 143 cm³/mol. The molecule has 2 aromatic carbocycles. The Kier molecular flexibility index (Phi) is 8.03. The second kappa shape index (κ2) is 10.8. The molecule has 2 heterocycles. The molecule has 0 radical (unpaired) electrons.